The molecule has 1 aliphatic rings. The van der Waals surface area contributed by atoms with Crippen LogP contribution in [0.15, 0.2) is 43.4 Å². The summed E-state index contributed by atoms with van der Waals surface area (Å²) >= 11 is 0. The first kappa shape index (κ1) is 28.7. The molecule has 3 aromatic rings. The van der Waals surface area contributed by atoms with E-state index in [2.05, 4.69) is 22.6 Å². The Balaban J connectivity index is 1.54. The van der Waals surface area contributed by atoms with Crippen LogP contribution in [0.4, 0.5) is 32.2 Å². The van der Waals surface area contributed by atoms with Crippen molar-refractivity contribution in [3.05, 3.63) is 60.1 Å². The molecular weight excluding hydrogens is 522 g/mol. The standard InChI is InChI=1S/C27H32F6N6/c1-4-20-14-22(15-21(19(20)3)6-8-36(5-2)17-26(28,29)30)23-16-34-25-35-24(7-9-39(23)25)38-12-10-37(11-13-38)18-27(31,32)33/h5,7,9,14-16H,2,4,6,8,10-13,17-18H2,1,3H3. The van der Waals surface area contributed by atoms with Crippen LogP contribution in [-0.4, -0.2) is 82.3 Å². The highest BCUT2D eigenvalue weighted by Gasteiger charge is 2.32. The minimum Gasteiger partial charge on any atom is -0.369 e. The van der Waals surface area contributed by atoms with Crippen molar-refractivity contribution in [2.45, 2.75) is 39.0 Å². The van der Waals surface area contributed by atoms with Crippen LogP contribution in [0.5, 0.6) is 0 Å². The Morgan fingerprint density at radius 2 is 1.72 bits per heavy atom. The number of hydrogen-bond donors (Lipinski definition) is 0. The maximum Gasteiger partial charge on any atom is 0.405 e. The predicted molar refractivity (Wildman–Crippen MR) is 139 cm³/mol. The van der Waals surface area contributed by atoms with Gasteiger partial charge in [0.05, 0.1) is 18.4 Å². The summed E-state index contributed by atoms with van der Waals surface area (Å²) in [5.41, 5.74) is 4.78. The largest absolute Gasteiger partial charge is 0.405 e. The molecule has 2 aromatic heterocycles. The lowest BCUT2D eigenvalue weighted by Crippen LogP contribution is -2.49. The van der Waals surface area contributed by atoms with E-state index < -0.39 is 25.4 Å². The van der Waals surface area contributed by atoms with E-state index in [4.69, 9.17) is 0 Å². The zero-order valence-corrected chi connectivity index (χ0v) is 22.0. The van der Waals surface area contributed by atoms with E-state index >= 15 is 0 Å². The summed E-state index contributed by atoms with van der Waals surface area (Å²) in [7, 11) is 0. The number of nitrogens with zero attached hydrogens (tertiary/aromatic N) is 6. The minimum absolute atomic E-state index is 0.185. The van der Waals surface area contributed by atoms with E-state index in [9.17, 15) is 26.3 Å². The van der Waals surface area contributed by atoms with Gasteiger partial charge in [0.15, 0.2) is 0 Å². The molecule has 0 saturated carbocycles. The quantitative estimate of drug-likeness (QED) is 0.327. The first-order valence-corrected chi connectivity index (χ1v) is 12.8. The molecule has 0 unspecified atom stereocenters. The highest BCUT2D eigenvalue weighted by Crippen LogP contribution is 2.28. The fraction of sp³-hybridized carbons (Fsp3) is 0.481. The number of halogens is 6. The second-order valence-electron chi connectivity index (χ2n) is 9.77. The van der Waals surface area contributed by atoms with Crippen molar-refractivity contribution in [2.75, 3.05) is 50.7 Å². The lowest BCUT2D eigenvalue weighted by atomic mass is 9.94. The number of hydrogen-bond acceptors (Lipinski definition) is 5. The molecule has 0 bridgehead atoms. The third kappa shape index (κ3) is 7.23. The van der Waals surface area contributed by atoms with Crippen LogP contribution >= 0.6 is 0 Å². The average molecular weight is 555 g/mol. The first-order chi connectivity index (χ1) is 18.4. The molecule has 0 amide bonds. The number of rotatable bonds is 9. The van der Waals surface area contributed by atoms with Gasteiger partial charge in [-0.3, -0.25) is 9.30 Å². The van der Waals surface area contributed by atoms with Crippen molar-refractivity contribution in [3.63, 3.8) is 0 Å². The number of aryl methyl sites for hydroxylation is 1. The zero-order chi connectivity index (χ0) is 28.4. The zero-order valence-electron chi connectivity index (χ0n) is 22.0. The van der Waals surface area contributed by atoms with E-state index in [1.54, 1.807) is 6.20 Å². The Morgan fingerprint density at radius 3 is 2.33 bits per heavy atom. The van der Waals surface area contributed by atoms with Gasteiger partial charge < -0.3 is 9.80 Å². The number of anilines is 1. The monoisotopic (exact) mass is 554 g/mol. The molecule has 1 aromatic carbocycles. The van der Waals surface area contributed by atoms with Crippen LogP contribution in [0.2, 0.25) is 0 Å². The van der Waals surface area contributed by atoms with Crippen molar-refractivity contribution in [1.82, 2.24) is 24.2 Å². The summed E-state index contributed by atoms with van der Waals surface area (Å²) in [6.07, 6.45) is -2.56. The maximum atomic E-state index is 12.9. The third-order valence-corrected chi connectivity index (χ3v) is 7.07. The molecular formula is C27H32F6N6. The van der Waals surface area contributed by atoms with Gasteiger partial charge in [0.2, 0.25) is 5.78 Å². The van der Waals surface area contributed by atoms with Gasteiger partial charge >= 0.3 is 12.4 Å². The third-order valence-electron chi connectivity index (χ3n) is 7.07. The molecule has 0 aliphatic carbocycles. The van der Waals surface area contributed by atoms with Crippen LogP contribution in [0.1, 0.15) is 23.6 Å². The Kier molecular flexibility index (Phi) is 8.43. The summed E-state index contributed by atoms with van der Waals surface area (Å²) in [5.74, 6) is 1.11. The smallest absolute Gasteiger partial charge is 0.369 e. The number of piperazine rings is 1. The lowest BCUT2D eigenvalue weighted by molar-refractivity contribution is -0.146. The van der Waals surface area contributed by atoms with E-state index in [1.165, 1.54) is 16.0 Å². The van der Waals surface area contributed by atoms with Crippen molar-refractivity contribution >= 4 is 11.6 Å². The number of alkyl halides is 6. The molecule has 6 nitrogen and oxygen atoms in total. The second kappa shape index (κ2) is 11.4. The summed E-state index contributed by atoms with van der Waals surface area (Å²) in [6.45, 7) is 7.22. The molecule has 3 heterocycles. The fourth-order valence-electron chi connectivity index (χ4n) is 4.98. The van der Waals surface area contributed by atoms with Gasteiger partial charge in [-0.15, -0.1) is 0 Å². The molecule has 1 fully saturated rings. The van der Waals surface area contributed by atoms with E-state index in [1.807, 2.05) is 41.5 Å². The molecule has 212 valence electrons. The highest BCUT2D eigenvalue weighted by molar-refractivity contribution is 5.66. The Hall–Kier alpha value is -3.28. The fourth-order valence-corrected chi connectivity index (χ4v) is 4.98. The molecule has 0 spiro atoms. The first-order valence-electron chi connectivity index (χ1n) is 12.8. The Morgan fingerprint density at radius 1 is 1.03 bits per heavy atom. The molecule has 1 aliphatic heterocycles. The van der Waals surface area contributed by atoms with Gasteiger partial charge in [-0.1, -0.05) is 13.5 Å². The predicted octanol–water partition coefficient (Wildman–Crippen LogP) is 5.50. The number of benzene rings is 1. The molecule has 39 heavy (non-hydrogen) atoms. The summed E-state index contributed by atoms with van der Waals surface area (Å²) in [4.78, 5) is 13.6. The Bertz CT molecular complexity index is 1290. The molecule has 0 atom stereocenters. The van der Waals surface area contributed by atoms with Crippen molar-refractivity contribution in [2.24, 2.45) is 0 Å². The van der Waals surface area contributed by atoms with Crippen molar-refractivity contribution < 1.29 is 26.3 Å². The summed E-state index contributed by atoms with van der Waals surface area (Å²) in [6, 6.07) is 5.88. The van der Waals surface area contributed by atoms with Gasteiger partial charge in [-0.2, -0.15) is 31.3 Å². The minimum atomic E-state index is -4.31. The molecule has 0 N–H and O–H groups in total. The van der Waals surface area contributed by atoms with Gasteiger partial charge in [0, 0.05) is 44.5 Å². The molecule has 0 radical (unpaired) electrons. The lowest BCUT2D eigenvalue weighted by Gasteiger charge is -2.35. The van der Waals surface area contributed by atoms with Gasteiger partial charge in [0.1, 0.15) is 12.4 Å². The van der Waals surface area contributed by atoms with E-state index in [-0.39, 0.29) is 6.54 Å². The van der Waals surface area contributed by atoms with E-state index in [0.717, 1.165) is 34.4 Å². The van der Waals surface area contributed by atoms with Crippen LogP contribution in [0.3, 0.4) is 0 Å². The van der Waals surface area contributed by atoms with Gasteiger partial charge in [0.25, 0.3) is 0 Å². The SMILES string of the molecule is C=CN(CCc1cc(-c2cnc3nc(N4CCN(CC(F)(F)F)CC4)ccn23)cc(CC)c1C)CC(F)(F)F. The van der Waals surface area contributed by atoms with Gasteiger partial charge in [-0.05, 0) is 60.9 Å². The van der Waals surface area contributed by atoms with Crippen molar-refractivity contribution in [1.29, 1.82) is 0 Å². The van der Waals surface area contributed by atoms with E-state index in [0.29, 0.717) is 44.2 Å². The molecule has 12 heteroatoms. The molecule has 1 saturated heterocycles. The maximum absolute atomic E-state index is 12.9. The number of fused-ring (bicyclic) bond motifs is 1. The molecule has 4 rings (SSSR count). The van der Waals surface area contributed by atoms with Gasteiger partial charge in [-0.25, -0.2) is 4.98 Å². The highest BCUT2D eigenvalue weighted by atomic mass is 19.4. The summed E-state index contributed by atoms with van der Waals surface area (Å²) in [5, 5.41) is 0. The second-order valence-corrected chi connectivity index (χ2v) is 9.77. The summed E-state index contributed by atoms with van der Waals surface area (Å²) < 4.78 is 78.6. The van der Waals surface area contributed by atoms with Crippen LogP contribution < -0.4 is 4.90 Å². The number of imidazole rings is 1. The Labute approximate surface area is 223 Å². The normalized spacial score (nSPS) is 15.2. The van der Waals surface area contributed by atoms with Crippen molar-refractivity contribution in [3.8, 4) is 11.3 Å². The van der Waals surface area contributed by atoms with Crippen LogP contribution in [0, 0.1) is 6.92 Å². The van der Waals surface area contributed by atoms with Crippen LogP contribution in [-0.2, 0) is 12.8 Å². The topological polar surface area (TPSA) is 39.9 Å². The average Bonchev–Trinajstić information content (AvgIpc) is 3.29. The van der Waals surface area contributed by atoms with Crippen LogP contribution in [0.25, 0.3) is 17.0 Å². The number of aromatic nitrogens is 3.